The highest BCUT2D eigenvalue weighted by Crippen LogP contribution is 2.12. The predicted octanol–water partition coefficient (Wildman–Crippen LogP) is 0.618. The van der Waals surface area contributed by atoms with Gasteiger partial charge in [-0.2, -0.15) is 5.26 Å². The van der Waals surface area contributed by atoms with E-state index in [1.54, 1.807) is 0 Å². The molecule has 0 aliphatic heterocycles. The van der Waals surface area contributed by atoms with Crippen LogP contribution in [0.5, 0.6) is 0 Å². The number of nitrogens with zero attached hydrogens (tertiary/aromatic N) is 1. The van der Waals surface area contributed by atoms with Crippen molar-refractivity contribution in [2.45, 2.75) is 0 Å². The largest absolute Gasteiger partial charge is 0.511 e. The maximum atomic E-state index is 8.28. The Balaban J connectivity index is 3.96. The van der Waals surface area contributed by atoms with E-state index in [0.29, 0.717) is 5.38 Å². The van der Waals surface area contributed by atoms with Crippen LogP contribution in [-0.4, -0.2) is 35.5 Å². The summed E-state index contributed by atoms with van der Waals surface area (Å²) in [4.78, 5) is 0. The third-order valence-corrected chi connectivity index (χ3v) is 5.23. The summed E-state index contributed by atoms with van der Waals surface area (Å²) in [5.41, 5.74) is 0. The first-order valence-electron chi connectivity index (χ1n) is 2.91. The van der Waals surface area contributed by atoms with Crippen molar-refractivity contribution in [1.29, 1.82) is 5.26 Å². The van der Waals surface area contributed by atoms with Crippen molar-refractivity contribution in [1.82, 2.24) is 0 Å². The lowest BCUT2D eigenvalue weighted by molar-refractivity contribution is 0.131. The smallest absolute Gasteiger partial charge is 0.376 e. The van der Waals surface area contributed by atoms with Gasteiger partial charge in [0.25, 0.3) is 0 Å². The number of thioether (sulfide) groups is 1. The molecule has 4 nitrogen and oxygen atoms in total. The second-order valence-electron chi connectivity index (χ2n) is 1.68. The summed E-state index contributed by atoms with van der Waals surface area (Å²) in [7, 11) is 2.08. The van der Waals surface area contributed by atoms with Gasteiger partial charge in [0.05, 0.1) is 5.38 Å². The van der Waals surface area contributed by atoms with Crippen LogP contribution in [0.2, 0.25) is 0 Å². The van der Waals surface area contributed by atoms with Gasteiger partial charge in [0.2, 0.25) is 0 Å². The van der Waals surface area contributed by atoms with Gasteiger partial charge in [0.15, 0.2) is 0 Å². The number of hydrogen-bond acceptors (Lipinski definition) is 5. The van der Waals surface area contributed by atoms with Crippen molar-refractivity contribution in [3.05, 3.63) is 0 Å². The van der Waals surface area contributed by atoms with Crippen LogP contribution in [0.4, 0.5) is 0 Å². The van der Waals surface area contributed by atoms with Gasteiger partial charge < -0.3 is 13.3 Å². The van der Waals surface area contributed by atoms with E-state index >= 15 is 0 Å². The van der Waals surface area contributed by atoms with E-state index in [2.05, 4.69) is 0 Å². The van der Waals surface area contributed by atoms with Crippen LogP contribution in [0.25, 0.3) is 0 Å². The highest BCUT2D eigenvalue weighted by Gasteiger charge is 2.37. The van der Waals surface area contributed by atoms with Gasteiger partial charge in [-0.15, -0.1) is 0 Å². The molecule has 6 heteroatoms. The van der Waals surface area contributed by atoms with Crippen LogP contribution in [0.1, 0.15) is 0 Å². The lowest BCUT2D eigenvalue weighted by Crippen LogP contribution is -2.46. The highest BCUT2D eigenvalue weighted by atomic mass is 32.2. The maximum Gasteiger partial charge on any atom is 0.511 e. The average Bonchev–Trinajstić information content (AvgIpc) is 2.08. The van der Waals surface area contributed by atoms with Gasteiger partial charge >= 0.3 is 8.80 Å². The minimum absolute atomic E-state index is 0.465. The molecule has 0 unspecified atom stereocenters. The molecule has 11 heavy (non-hydrogen) atoms. The summed E-state index contributed by atoms with van der Waals surface area (Å²) in [6, 6.07) is 0. The normalized spacial score (nSPS) is 11.1. The van der Waals surface area contributed by atoms with E-state index in [4.69, 9.17) is 18.5 Å². The number of nitriles is 1. The van der Waals surface area contributed by atoms with Gasteiger partial charge in [0.1, 0.15) is 5.40 Å². The fourth-order valence-corrected chi connectivity index (χ4v) is 3.43. The molecule has 0 amide bonds. The van der Waals surface area contributed by atoms with E-state index < -0.39 is 8.80 Å². The van der Waals surface area contributed by atoms with Crippen molar-refractivity contribution in [2.24, 2.45) is 0 Å². The molecule has 0 radical (unpaired) electrons. The van der Waals surface area contributed by atoms with Crippen molar-refractivity contribution >= 4 is 20.6 Å². The predicted molar refractivity (Wildman–Crippen MR) is 44.9 cm³/mol. The first-order valence-corrected chi connectivity index (χ1v) is 5.82. The SMILES string of the molecule is CO[Si](CSC#N)(OC)OC. The first-order chi connectivity index (χ1) is 5.24. The van der Waals surface area contributed by atoms with Crippen LogP contribution in [0.3, 0.4) is 0 Å². The van der Waals surface area contributed by atoms with Crippen LogP contribution >= 0.6 is 11.8 Å². The van der Waals surface area contributed by atoms with Crippen LogP contribution in [-0.2, 0) is 13.3 Å². The second kappa shape index (κ2) is 5.57. The van der Waals surface area contributed by atoms with Gasteiger partial charge in [-0.25, -0.2) is 0 Å². The molecule has 0 aromatic heterocycles. The molecule has 0 bridgehead atoms. The van der Waals surface area contributed by atoms with Crippen LogP contribution < -0.4 is 0 Å². The maximum absolute atomic E-state index is 8.28. The monoisotopic (exact) mass is 193 g/mol. The molecule has 0 saturated carbocycles. The fourth-order valence-electron chi connectivity index (χ4n) is 0.547. The molecule has 0 N–H and O–H groups in total. The zero-order valence-corrected chi connectivity index (χ0v) is 8.60. The number of hydrogen-bond donors (Lipinski definition) is 0. The quantitative estimate of drug-likeness (QED) is 0.473. The first kappa shape index (κ1) is 10.9. The van der Waals surface area contributed by atoms with E-state index in [1.165, 1.54) is 21.3 Å². The lowest BCUT2D eigenvalue weighted by atomic mass is 11.8. The Hall–Kier alpha value is -0.0631. The van der Waals surface area contributed by atoms with E-state index in [1.807, 2.05) is 5.40 Å². The molecule has 0 aromatic carbocycles. The van der Waals surface area contributed by atoms with E-state index in [0.717, 1.165) is 11.8 Å². The minimum atomic E-state index is -2.50. The molecule has 0 saturated heterocycles. The summed E-state index contributed by atoms with van der Waals surface area (Å²) < 4.78 is 15.2. The number of thiocyanates is 1. The van der Waals surface area contributed by atoms with Crippen LogP contribution in [0.15, 0.2) is 0 Å². The molecule has 0 aromatic rings. The Labute approximate surface area is 71.8 Å². The highest BCUT2D eigenvalue weighted by molar-refractivity contribution is 8.05. The zero-order chi connectivity index (χ0) is 8.74. The molecule has 0 spiro atoms. The van der Waals surface area contributed by atoms with Crippen LogP contribution in [0, 0.1) is 10.7 Å². The zero-order valence-electron chi connectivity index (χ0n) is 6.79. The minimum Gasteiger partial charge on any atom is -0.376 e. The summed E-state index contributed by atoms with van der Waals surface area (Å²) in [5, 5.41) is 10.7. The van der Waals surface area contributed by atoms with Gasteiger partial charge in [-0.05, 0) is 11.8 Å². The Morgan fingerprint density at radius 1 is 1.27 bits per heavy atom. The average molecular weight is 193 g/mol. The fraction of sp³-hybridized carbons (Fsp3) is 0.800. The Bertz CT molecular complexity index is 137. The Morgan fingerprint density at radius 2 is 1.73 bits per heavy atom. The Kier molecular flexibility index (Phi) is 5.54. The van der Waals surface area contributed by atoms with Crippen molar-refractivity contribution < 1.29 is 13.3 Å². The molecule has 64 valence electrons. The molecule has 0 fully saturated rings. The lowest BCUT2D eigenvalue weighted by Gasteiger charge is -2.22. The molecule has 0 heterocycles. The van der Waals surface area contributed by atoms with Gasteiger partial charge in [0, 0.05) is 21.3 Å². The molecular formula is C5H11NO3SSi. The summed E-state index contributed by atoms with van der Waals surface area (Å²) in [5.74, 6) is 0. The standard InChI is InChI=1S/C5H11NO3SSi/c1-7-11(8-2,9-3)5-10-4-6/h5H2,1-3H3. The topological polar surface area (TPSA) is 51.5 Å². The third-order valence-electron chi connectivity index (χ3n) is 1.25. The van der Waals surface area contributed by atoms with E-state index in [9.17, 15) is 0 Å². The second-order valence-corrected chi connectivity index (χ2v) is 5.89. The Morgan fingerprint density at radius 3 is 2.00 bits per heavy atom. The van der Waals surface area contributed by atoms with Crippen molar-refractivity contribution in [3.8, 4) is 5.40 Å². The van der Waals surface area contributed by atoms with Crippen molar-refractivity contribution in [3.63, 3.8) is 0 Å². The summed E-state index contributed by atoms with van der Waals surface area (Å²) >= 11 is 1.08. The van der Waals surface area contributed by atoms with Gasteiger partial charge in [-0.1, -0.05) is 0 Å². The summed E-state index contributed by atoms with van der Waals surface area (Å²) in [6.07, 6.45) is 0. The molecule has 0 aliphatic carbocycles. The van der Waals surface area contributed by atoms with Crippen molar-refractivity contribution in [2.75, 3.05) is 26.7 Å². The molecule has 0 rings (SSSR count). The third kappa shape index (κ3) is 3.22. The molecular weight excluding hydrogens is 182 g/mol. The van der Waals surface area contributed by atoms with Gasteiger partial charge in [-0.3, -0.25) is 0 Å². The summed E-state index contributed by atoms with van der Waals surface area (Å²) in [6.45, 7) is 0. The van der Waals surface area contributed by atoms with E-state index in [-0.39, 0.29) is 0 Å². The number of rotatable bonds is 5. The molecule has 0 aliphatic rings. The molecule has 0 atom stereocenters.